The van der Waals surface area contributed by atoms with E-state index >= 15 is 0 Å². The van der Waals surface area contributed by atoms with E-state index in [4.69, 9.17) is 16.3 Å². The highest BCUT2D eigenvalue weighted by molar-refractivity contribution is 8.68. The molecule has 0 radical (unpaired) electrons. The Morgan fingerprint density at radius 3 is 2.83 bits per heavy atom. The van der Waals surface area contributed by atoms with Crippen molar-refractivity contribution in [1.82, 2.24) is 5.09 Å². The van der Waals surface area contributed by atoms with Crippen LogP contribution in [0.2, 0.25) is 0 Å². The predicted molar refractivity (Wildman–Crippen MR) is 61.6 cm³/mol. The molecule has 0 saturated heterocycles. The normalized spacial score (nSPS) is 16.2. The van der Waals surface area contributed by atoms with Gasteiger partial charge in [-0.25, -0.2) is 0 Å². The Hall–Kier alpha value is 0.430. The Morgan fingerprint density at radius 2 is 2.42 bits per heavy atom. The van der Waals surface area contributed by atoms with Crippen molar-refractivity contribution in [3.63, 3.8) is 0 Å². The van der Waals surface area contributed by atoms with Crippen LogP contribution in [0.3, 0.4) is 0 Å². The quantitative estimate of drug-likeness (QED) is 0.428. The van der Waals surface area contributed by atoms with Gasteiger partial charge in [-0.1, -0.05) is 18.3 Å². The summed E-state index contributed by atoms with van der Waals surface area (Å²) in [4.78, 5) is 3.81. The highest BCUT2D eigenvalue weighted by Crippen LogP contribution is 2.54. The average Bonchev–Trinajstić information content (AvgIpc) is 2.11. The Labute approximate surface area is 83.3 Å². The lowest BCUT2D eigenvalue weighted by molar-refractivity contribution is 0.356. The lowest BCUT2D eigenvalue weighted by Crippen LogP contribution is -2.07. The van der Waals surface area contributed by atoms with Gasteiger partial charge in [-0.05, 0) is 24.5 Å². The SMILES string of the molecule is CCCOP(=S)(NC=NC)SC. The maximum Gasteiger partial charge on any atom is 0.210 e. The second-order valence-corrected chi connectivity index (χ2v) is 8.78. The van der Waals surface area contributed by atoms with Gasteiger partial charge >= 0.3 is 0 Å². The highest BCUT2D eigenvalue weighted by atomic mass is 32.9. The fraction of sp³-hybridized carbons (Fsp3) is 0.833. The highest BCUT2D eigenvalue weighted by Gasteiger charge is 2.12. The fourth-order valence-corrected chi connectivity index (χ4v) is 2.81. The molecule has 0 aromatic carbocycles. The first-order valence-corrected chi connectivity index (χ1v) is 8.22. The van der Waals surface area contributed by atoms with Crippen LogP contribution < -0.4 is 5.09 Å². The molecule has 1 atom stereocenters. The lowest BCUT2D eigenvalue weighted by atomic mass is 10.5. The minimum absolute atomic E-state index is 0.711. The zero-order valence-corrected chi connectivity index (χ0v) is 10.1. The monoisotopic (exact) mass is 226 g/mol. The van der Waals surface area contributed by atoms with E-state index in [9.17, 15) is 0 Å². The van der Waals surface area contributed by atoms with Crippen molar-refractivity contribution in [2.24, 2.45) is 4.99 Å². The average molecular weight is 226 g/mol. The molecule has 0 saturated carbocycles. The summed E-state index contributed by atoms with van der Waals surface area (Å²) < 4.78 is 5.52. The van der Waals surface area contributed by atoms with Crippen LogP contribution in [-0.4, -0.2) is 26.2 Å². The molecule has 0 aliphatic heterocycles. The summed E-state index contributed by atoms with van der Waals surface area (Å²) in [6.45, 7) is 2.77. The first-order chi connectivity index (χ1) is 5.68. The molecule has 6 heteroatoms. The van der Waals surface area contributed by atoms with Crippen LogP contribution in [0.5, 0.6) is 0 Å². The summed E-state index contributed by atoms with van der Waals surface area (Å²) in [5.41, 5.74) is -1.88. The van der Waals surface area contributed by atoms with Gasteiger partial charge in [0.2, 0.25) is 5.62 Å². The molecule has 0 amide bonds. The summed E-state index contributed by atoms with van der Waals surface area (Å²) in [5, 5.41) is 3.01. The number of hydrogen-bond donors (Lipinski definition) is 1. The van der Waals surface area contributed by atoms with Gasteiger partial charge in [-0.15, -0.1) is 0 Å². The van der Waals surface area contributed by atoms with Gasteiger partial charge in [0.25, 0.3) is 0 Å². The van der Waals surface area contributed by atoms with Crippen molar-refractivity contribution in [3.8, 4) is 0 Å². The van der Waals surface area contributed by atoms with Crippen LogP contribution in [0.1, 0.15) is 13.3 Å². The van der Waals surface area contributed by atoms with Crippen LogP contribution in [-0.2, 0) is 16.3 Å². The Kier molecular flexibility index (Phi) is 7.14. The van der Waals surface area contributed by atoms with Gasteiger partial charge in [0, 0.05) is 7.05 Å². The van der Waals surface area contributed by atoms with Gasteiger partial charge in [-0.3, -0.25) is 4.99 Å². The van der Waals surface area contributed by atoms with E-state index < -0.39 is 5.62 Å². The van der Waals surface area contributed by atoms with Gasteiger partial charge in [0.1, 0.15) is 0 Å². The van der Waals surface area contributed by atoms with Crippen molar-refractivity contribution in [3.05, 3.63) is 0 Å². The van der Waals surface area contributed by atoms with Gasteiger partial charge < -0.3 is 9.61 Å². The summed E-state index contributed by atoms with van der Waals surface area (Å²) in [5.74, 6) is 0. The molecular formula is C6H15N2OPS2. The van der Waals surface area contributed by atoms with Gasteiger partial charge in [-0.2, -0.15) is 0 Å². The van der Waals surface area contributed by atoms with Crippen molar-refractivity contribution in [1.29, 1.82) is 0 Å². The summed E-state index contributed by atoms with van der Waals surface area (Å²) >= 11 is 6.84. The van der Waals surface area contributed by atoms with E-state index in [2.05, 4.69) is 17.0 Å². The summed E-state index contributed by atoms with van der Waals surface area (Å²) in [6, 6.07) is 0. The Bertz CT molecular complexity index is 186. The summed E-state index contributed by atoms with van der Waals surface area (Å²) in [6.07, 6.45) is 4.55. The molecule has 0 heterocycles. The number of rotatable bonds is 6. The number of nitrogens with one attached hydrogen (secondary N) is 1. The molecular weight excluding hydrogens is 211 g/mol. The van der Waals surface area contributed by atoms with Crippen LogP contribution in [0.25, 0.3) is 0 Å². The number of hydrogen-bond acceptors (Lipinski definition) is 4. The molecule has 0 rings (SSSR count). The molecule has 3 nitrogen and oxygen atoms in total. The fourth-order valence-electron chi connectivity index (χ4n) is 0.483. The smallest absolute Gasteiger partial charge is 0.210 e. The van der Waals surface area contributed by atoms with Crippen molar-refractivity contribution in [2.75, 3.05) is 19.9 Å². The molecule has 1 unspecified atom stereocenters. The second kappa shape index (κ2) is 6.89. The van der Waals surface area contributed by atoms with Crippen LogP contribution in [0.4, 0.5) is 0 Å². The zero-order valence-electron chi connectivity index (χ0n) is 7.61. The molecule has 0 aliphatic carbocycles. The number of aliphatic imine (C=N–C) groups is 1. The second-order valence-electron chi connectivity index (χ2n) is 2.03. The van der Waals surface area contributed by atoms with E-state index in [-0.39, 0.29) is 0 Å². The minimum atomic E-state index is -1.88. The lowest BCUT2D eigenvalue weighted by Gasteiger charge is -2.18. The van der Waals surface area contributed by atoms with Crippen LogP contribution in [0, 0.1) is 0 Å². The minimum Gasteiger partial charge on any atom is -0.326 e. The van der Waals surface area contributed by atoms with E-state index in [1.54, 1.807) is 24.8 Å². The van der Waals surface area contributed by atoms with Gasteiger partial charge in [0.15, 0.2) is 0 Å². The zero-order chi connectivity index (χ0) is 9.45. The predicted octanol–water partition coefficient (Wildman–Crippen LogP) is 2.25. The molecule has 0 spiro atoms. The molecule has 0 aliphatic rings. The third kappa shape index (κ3) is 5.14. The van der Waals surface area contributed by atoms with E-state index in [1.807, 2.05) is 6.26 Å². The Morgan fingerprint density at radius 1 is 1.75 bits per heavy atom. The maximum absolute atomic E-state index is 5.52. The van der Waals surface area contributed by atoms with Crippen molar-refractivity contribution >= 4 is 35.1 Å². The molecule has 1 N–H and O–H groups in total. The van der Waals surface area contributed by atoms with Crippen molar-refractivity contribution < 1.29 is 4.52 Å². The standard InChI is InChI=1S/C6H15N2OPS2/c1-4-5-9-10(11,12-3)8-6-7-2/h6H,4-5H2,1-3H3,(H,7,8,11). The van der Waals surface area contributed by atoms with Crippen LogP contribution in [0.15, 0.2) is 4.99 Å². The third-order valence-electron chi connectivity index (χ3n) is 1.05. The molecule has 0 bridgehead atoms. The maximum atomic E-state index is 5.52. The topological polar surface area (TPSA) is 33.6 Å². The molecule has 0 aromatic heterocycles. The first-order valence-electron chi connectivity index (χ1n) is 3.67. The van der Waals surface area contributed by atoms with E-state index in [0.29, 0.717) is 6.61 Å². The summed E-state index contributed by atoms with van der Waals surface area (Å²) in [7, 11) is 1.70. The van der Waals surface area contributed by atoms with Gasteiger partial charge in [0.05, 0.1) is 12.9 Å². The first kappa shape index (κ1) is 12.4. The third-order valence-corrected chi connectivity index (χ3v) is 6.53. The molecule has 0 aromatic rings. The molecule has 0 fully saturated rings. The Balaban J connectivity index is 3.96. The van der Waals surface area contributed by atoms with E-state index in [1.165, 1.54) is 0 Å². The van der Waals surface area contributed by atoms with Crippen molar-refractivity contribution in [2.45, 2.75) is 13.3 Å². The largest absolute Gasteiger partial charge is 0.326 e. The van der Waals surface area contributed by atoms with E-state index in [0.717, 1.165) is 6.42 Å². The molecule has 12 heavy (non-hydrogen) atoms. The molecule has 72 valence electrons. The van der Waals surface area contributed by atoms with Crippen LogP contribution >= 0.6 is 17.0 Å². The number of nitrogens with zero attached hydrogens (tertiary/aromatic N) is 1.